The van der Waals surface area contributed by atoms with Gasteiger partial charge >= 0.3 is 11.9 Å². The Morgan fingerprint density at radius 1 is 1.32 bits per heavy atom. The van der Waals surface area contributed by atoms with Crippen molar-refractivity contribution in [3.8, 4) is 0 Å². The molecule has 0 bridgehead atoms. The van der Waals surface area contributed by atoms with Crippen LogP contribution in [0.5, 0.6) is 0 Å². The second-order valence-electron chi connectivity index (χ2n) is 5.88. The van der Waals surface area contributed by atoms with E-state index in [2.05, 4.69) is 9.73 Å². The quantitative estimate of drug-likeness (QED) is 0.701. The Bertz CT molecular complexity index is 1140. The molecule has 1 aromatic carbocycles. The zero-order valence-electron chi connectivity index (χ0n) is 15.4. The second-order valence-corrected chi connectivity index (χ2v) is 7.32. The summed E-state index contributed by atoms with van der Waals surface area (Å²) in [6.07, 6.45) is 1.12. The van der Waals surface area contributed by atoms with Gasteiger partial charge in [-0.25, -0.2) is 14.6 Å². The van der Waals surface area contributed by atoms with Gasteiger partial charge < -0.3 is 9.47 Å². The summed E-state index contributed by atoms with van der Waals surface area (Å²) in [5.41, 5.74) is 0.946. The zero-order valence-corrected chi connectivity index (χ0v) is 17.0. The lowest BCUT2D eigenvalue weighted by Gasteiger charge is -2.24. The third-order valence-electron chi connectivity index (χ3n) is 4.15. The van der Waals surface area contributed by atoms with Gasteiger partial charge in [-0.1, -0.05) is 35.1 Å². The summed E-state index contributed by atoms with van der Waals surface area (Å²) in [6, 6.07) is 6.09. The van der Waals surface area contributed by atoms with Crippen molar-refractivity contribution in [3.63, 3.8) is 0 Å². The number of esters is 2. The fraction of sp³-hybridized carbons (Fsp3) is 0.263. The highest BCUT2D eigenvalue weighted by Crippen LogP contribution is 2.31. The number of aromatic nitrogens is 1. The number of halogens is 1. The lowest BCUT2D eigenvalue weighted by molar-refractivity contribution is -0.139. The third-order valence-corrected chi connectivity index (χ3v) is 5.39. The summed E-state index contributed by atoms with van der Waals surface area (Å²) in [5.74, 6) is -1.19. The molecule has 2 aromatic rings. The number of nitrogens with zero attached hydrogens (tertiary/aromatic N) is 2. The number of carbonyl (C=O) groups is 2. The summed E-state index contributed by atoms with van der Waals surface area (Å²) < 4.78 is 11.4. The molecule has 0 unspecified atom stereocenters. The Hall–Kier alpha value is -2.71. The summed E-state index contributed by atoms with van der Waals surface area (Å²) in [6.45, 7) is 3.58. The molecule has 0 aliphatic carbocycles. The molecule has 0 N–H and O–H groups in total. The Balaban J connectivity index is 2.30. The van der Waals surface area contributed by atoms with Crippen molar-refractivity contribution in [2.24, 2.45) is 4.99 Å². The minimum atomic E-state index is -0.743. The standard InChI is InChI=1S/C19H17ClN2O5S/c1-4-27-18(25)15-10(2)21-19-22(16(15)11-5-7-12(20)8-6-11)17(24)13(28-19)9-14(23)26-3/h5-9,16H,4H2,1-3H3/b13-9-/t16-/m0/s1. The Morgan fingerprint density at radius 3 is 2.61 bits per heavy atom. The first-order valence-corrected chi connectivity index (χ1v) is 9.60. The first-order chi connectivity index (χ1) is 13.4. The van der Waals surface area contributed by atoms with Gasteiger partial charge in [-0.15, -0.1) is 0 Å². The minimum absolute atomic E-state index is 0.169. The molecule has 0 spiro atoms. The molecule has 1 aliphatic rings. The van der Waals surface area contributed by atoms with Crippen LogP contribution in [-0.4, -0.2) is 30.2 Å². The number of thiazole rings is 1. The third kappa shape index (κ3) is 3.65. The van der Waals surface area contributed by atoms with Crippen LogP contribution in [0.1, 0.15) is 25.5 Å². The number of carbonyl (C=O) groups excluding carboxylic acids is 2. The van der Waals surface area contributed by atoms with E-state index in [9.17, 15) is 14.4 Å². The topological polar surface area (TPSA) is 87.0 Å². The van der Waals surface area contributed by atoms with Crippen LogP contribution >= 0.6 is 22.9 Å². The van der Waals surface area contributed by atoms with Crippen LogP contribution in [0, 0.1) is 0 Å². The first kappa shape index (κ1) is 20.0. The Kier molecular flexibility index (Phi) is 5.81. The van der Waals surface area contributed by atoms with Crippen LogP contribution in [0.4, 0.5) is 0 Å². The van der Waals surface area contributed by atoms with E-state index in [4.69, 9.17) is 16.3 Å². The van der Waals surface area contributed by atoms with Gasteiger partial charge in [-0.05, 0) is 31.5 Å². The van der Waals surface area contributed by atoms with Crippen molar-refractivity contribution in [1.29, 1.82) is 0 Å². The van der Waals surface area contributed by atoms with Gasteiger partial charge in [0.15, 0.2) is 4.80 Å². The van der Waals surface area contributed by atoms with Crippen LogP contribution in [0.15, 0.2) is 45.3 Å². The van der Waals surface area contributed by atoms with Crippen molar-refractivity contribution in [2.45, 2.75) is 19.9 Å². The van der Waals surface area contributed by atoms with E-state index in [0.717, 1.165) is 17.4 Å². The highest BCUT2D eigenvalue weighted by atomic mass is 35.5. The number of fused-ring (bicyclic) bond motifs is 1. The van der Waals surface area contributed by atoms with Gasteiger partial charge in [-0.3, -0.25) is 9.36 Å². The average molecular weight is 421 g/mol. The molecular formula is C19H17ClN2O5S. The number of rotatable bonds is 4. The highest BCUT2D eigenvalue weighted by molar-refractivity contribution is 7.07. The Labute approximate surface area is 169 Å². The summed E-state index contributed by atoms with van der Waals surface area (Å²) in [4.78, 5) is 42.1. The largest absolute Gasteiger partial charge is 0.466 e. The van der Waals surface area contributed by atoms with Gasteiger partial charge in [0.1, 0.15) is 4.53 Å². The summed E-state index contributed by atoms with van der Waals surface area (Å²) in [5, 5.41) is 0.528. The molecular weight excluding hydrogens is 404 g/mol. The molecule has 1 atom stereocenters. The molecule has 0 amide bonds. The van der Waals surface area contributed by atoms with E-state index in [-0.39, 0.29) is 16.7 Å². The second kappa shape index (κ2) is 8.12. The highest BCUT2D eigenvalue weighted by Gasteiger charge is 2.33. The SMILES string of the molecule is CCOC(=O)C1=C(C)N=c2s/c(=C\C(=O)OC)c(=O)n2[C@H]1c1ccc(Cl)cc1. The molecule has 0 saturated heterocycles. The lowest BCUT2D eigenvalue weighted by atomic mass is 9.96. The Morgan fingerprint density at radius 2 is 2.00 bits per heavy atom. The van der Waals surface area contributed by atoms with E-state index >= 15 is 0 Å². The number of ether oxygens (including phenoxy) is 2. The number of hydrogen-bond acceptors (Lipinski definition) is 7. The molecule has 9 heteroatoms. The van der Waals surface area contributed by atoms with Crippen LogP contribution in [-0.2, 0) is 19.1 Å². The molecule has 0 saturated carbocycles. The van der Waals surface area contributed by atoms with E-state index in [1.165, 1.54) is 11.7 Å². The molecule has 7 nitrogen and oxygen atoms in total. The lowest BCUT2D eigenvalue weighted by Crippen LogP contribution is -2.40. The first-order valence-electron chi connectivity index (χ1n) is 8.40. The van der Waals surface area contributed by atoms with Crippen molar-refractivity contribution in [2.75, 3.05) is 13.7 Å². The minimum Gasteiger partial charge on any atom is -0.466 e. The number of hydrogen-bond donors (Lipinski definition) is 0. The zero-order chi connectivity index (χ0) is 20.4. The summed E-state index contributed by atoms with van der Waals surface area (Å²) in [7, 11) is 1.23. The maximum atomic E-state index is 13.0. The molecule has 1 aliphatic heterocycles. The van der Waals surface area contributed by atoms with E-state index in [0.29, 0.717) is 21.1 Å². The van der Waals surface area contributed by atoms with E-state index < -0.39 is 23.5 Å². The fourth-order valence-corrected chi connectivity index (χ4v) is 4.05. The fourth-order valence-electron chi connectivity index (χ4n) is 2.92. The van der Waals surface area contributed by atoms with Crippen molar-refractivity contribution < 1.29 is 19.1 Å². The van der Waals surface area contributed by atoms with Crippen LogP contribution < -0.4 is 14.9 Å². The maximum absolute atomic E-state index is 13.0. The predicted octanol–water partition coefficient (Wildman–Crippen LogP) is 1.58. The molecule has 0 radical (unpaired) electrons. The molecule has 3 rings (SSSR count). The molecule has 2 heterocycles. The van der Waals surface area contributed by atoms with E-state index in [1.54, 1.807) is 38.1 Å². The number of allylic oxidation sites excluding steroid dienone is 1. The molecule has 0 fully saturated rings. The van der Waals surface area contributed by atoms with E-state index in [1.807, 2.05) is 0 Å². The van der Waals surface area contributed by atoms with Crippen molar-refractivity contribution >= 4 is 41.0 Å². The smallest absolute Gasteiger partial charge is 0.338 e. The van der Waals surface area contributed by atoms with Crippen LogP contribution in [0.25, 0.3) is 6.08 Å². The maximum Gasteiger partial charge on any atom is 0.338 e. The average Bonchev–Trinajstić information content (AvgIpc) is 2.96. The van der Waals surface area contributed by atoms with Gasteiger partial charge in [-0.2, -0.15) is 0 Å². The van der Waals surface area contributed by atoms with Crippen molar-refractivity contribution in [3.05, 3.63) is 65.8 Å². The number of methoxy groups -OCH3 is 1. The molecule has 146 valence electrons. The van der Waals surface area contributed by atoms with Gasteiger partial charge in [0.05, 0.1) is 31.0 Å². The van der Waals surface area contributed by atoms with Gasteiger partial charge in [0.25, 0.3) is 5.56 Å². The van der Waals surface area contributed by atoms with Gasteiger partial charge in [0, 0.05) is 11.1 Å². The monoisotopic (exact) mass is 420 g/mol. The van der Waals surface area contributed by atoms with Crippen LogP contribution in [0.3, 0.4) is 0 Å². The summed E-state index contributed by atoms with van der Waals surface area (Å²) >= 11 is 7.04. The molecule has 1 aromatic heterocycles. The molecule has 28 heavy (non-hydrogen) atoms. The van der Waals surface area contributed by atoms with Gasteiger partial charge in [0.2, 0.25) is 0 Å². The van der Waals surface area contributed by atoms with Crippen molar-refractivity contribution in [1.82, 2.24) is 4.57 Å². The number of benzene rings is 1. The van der Waals surface area contributed by atoms with Crippen LogP contribution in [0.2, 0.25) is 5.02 Å². The normalized spacial score (nSPS) is 16.4. The predicted molar refractivity (Wildman–Crippen MR) is 105 cm³/mol.